The van der Waals surface area contributed by atoms with Gasteiger partial charge in [0.1, 0.15) is 6.10 Å². The minimum atomic E-state index is -0.226. The Bertz CT molecular complexity index is 191. The molecule has 1 N–H and O–H groups in total. The van der Waals surface area contributed by atoms with Crippen molar-refractivity contribution in [3.8, 4) is 0 Å². The summed E-state index contributed by atoms with van der Waals surface area (Å²) in [6, 6.07) is 0.588. The lowest BCUT2D eigenvalue weighted by Gasteiger charge is -2.28. The van der Waals surface area contributed by atoms with E-state index in [1.807, 2.05) is 0 Å². The second kappa shape index (κ2) is 5.75. The smallest absolute Gasteiger partial charge is 0.409 e. The standard InChI is InChI=1S/C9H17IN2O2/c1-12(2)9(13)14-8-5-3-7(11-10)4-6-8/h7-8,11H,3-6H2,1-2H3. The Hall–Kier alpha value is -0.0400. The zero-order chi connectivity index (χ0) is 10.6. The molecule has 0 bridgehead atoms. The molecule has 0 aromatic rings. The Morgan fingerprint density at radius 3 is 2.36 bits per heavy atom. The van der Waals surface area contributed by atoms with Gasteiger partial charge in [0.05, 0.1) is 0 Å². The Morgan fingerprint density at radius 2 is 1.93 bits per heavy atom. The van der Waals surface area contributed by atoms with E-state index in [9.17, 15) is 4.79 Å². The molecule has 82 valence electrons. The fourth-order valence-corrected chi connectivity index (χ4v) is 2.16. The van der Waals surface area contributed by atoms with E-state index >= 15 is 0 Å². The molecule has 0 radical (unpaired) electrons. The van der Waals surface area contributed by atoms with Crippen LogP contribution in [0.1, 0.15) is 25.7 Å². The van der Waals surface area contributed by atoms with E-state index in [2.05, 4.69) is 26.4 Å². The quantitative estimate of drug-likeness (QED) is 0.626. The van der Waals surface area contributed by atoms with Crippen LogP contribution in [0.3, 0.4) is 0 Å². The van der Waals surface area contributed by atoms with Crippen LogP contribution in [-0.2, 0) is 4.74 Å². The van der Waals surface area contributed by atoms with Gasteiger partial charge in [0, 0.05) is 43.0 Å². The minimum Gasteiger partial charge on any atom is -0.446 e. The number of ether oxygens (including phenoxy) is 1. The van der Waals surface area contributed by atoms with Crippen molar-refractivity contribution in [1.29, 1.82) is 0 Å². The van der Waals surface area contributed by atoms with Gasteiger partial charge in [-0.25, -0.2) is 4.79 Å². The van der Waals surface area contributed by atoms with E-state index in [0.717, 1.165) is 25.7 Å². The fraction of sp³-hybridized carbons (Fsp3) is 0.889. The van der Waals surface area contributed by atoms with Gasteiger partial charge in [-0.2, -0.15) is 0 Å². The van der Waals surface area contributed by atoms with Crippen LogP contribution in [0.5, 0.6) is 0 Å². The number of carbonyl (C=O) groups is 1. The average Bonchev–Trinajstić information content (AvgIpc) is 2.19. The molecule has 0 unspecified atom stereocenters. The monoisotopic (exact) mass is 312 g/mol. The van der Waals surface area contributed by atoms with Crippen LogP contribution in [0.15, 0.2) is 0 Å². The van der Waals surface area contributed by atoms with Crippen molar-refractivity contribution in [3.05, 3.63) is 0 Å². The van der Waals surface area contributed by atoms with Crippen LogP contribution in [0.2, 0.25) is 0 Å². The van der Waals surface area contributed by atoms with E-state index in [-0.39, 0.29) is 12.2 Å². The molecular weight excluding hydrogens is 295 g/mol. The maximum atomic E-state index is 11.2. The minimum absolute atomic E-state index is 0.117. The van der Waals surface area contributed by atoms with Crippen LogP contribution in [0.25, 0.3) is 0 Å². The van der Waals surface area contributed by atoms with Gasteiger partial charge in [-0.1, -0.05) is 0 Å². The van der Waals surface area contributed by atoms with Crippen molar-refractivity contribution in [3.63, 3.8) is 0 Å². The summed E-state index contributed by atoms with van der Waals surface area (Å²) in [5.74, 6) is 0. The SMILES string of the molecule is CN(C)C(=O)OC1CCC(NI)CC1. The Morgan fingerprint density at radius 1 is 1.36 bits per heavy atom. The highest BCUT2D eigenvalue weighted by Gasteiger charge is 2.23. The Labute approximate surface area is 98.9 Å². The number of amides is 1. The molecule has 1 amide bonds. The molecule has 14 heavy (non-hydrogen) atoms. The predicted molar refractivity (Wildman–Crippen MR) is 63.4 cm³/mol. The fourth-order valence-electron chi connectivity index (χ4n) is 1.54. The Balaban J connectivity index is 2.25. The molecule has 1 aliphatic carbocycles. The number of hydrogen-bond donors (Lipinski definition) is 1. The summed E-state index contributed by atoms with van der Waals surface area (Å²) in [6.45, 7) is 0. The highest BCUT2D eigenvalue weighted by atomic mass is 127. The first-order chi connectivity index (χ1) is 6.63. The zero-order valence-electron chi connectivity index (χ0n) is 8.62. The number of nitrogens with one attached hydrogen (secondary N) is 1. The maximum absolute atomic E-state index is 11.2. The largest absolute Gasteiger partial charge is 0.446 e. The first-order valence-corrected chi connectivity index (χ1v) is 5.95. The van der Waals surface area contributed by atoms with Crippen molar-refractivity contribution in [2.75, 3.05) is 14.1 Å². The number of hydrogen-bond acceptors (Lipinski definition) is 3. The summed E-state index contributed by atoms with van der Waals surface area (Å²) in [6.07, 6.45) is 4.02. The maximum Gasteiger partial charge on any atom is 0.409 e. The molecule has 0 spiro atoms. The van der Waals surface area contributed by atoms with Gasteiger partial charge in [0.2, 0.25) is 0 Å². The third-order valence-electron chi connectivity index (χ3n) is 2.46. The highest BCUT2D eigenvalue weighted by molar-refractivity contribution is 14.1. The lowest BCUT2D eigenvalue weighted by molar-refractivity contribution is 0.0525. The topological polar surface area (TPSA) is 41.6 Å². The summed E-state index contributed by atoms with van der Waals surface area (Å²) >= 11 is 2.18. The molecule has 0 aliphatic heterocycles. The molecule has 1 rings (SSSR count). The van der Waals surface area contributed by atoms with Crippen LogP contribution in [-0.4, -0.2) is 37.2 Å². The third kappa shape index (κ3) is 3.61. The number of nitrogens with zero attached hydrogens (tertiary/aromatic N) is 1. The number of halogens is 1. The lowest BCUT2D eigenvalue weighted by Crippen LogP contribution is -2.34. The molecule has 5 heteroatoms. The summed E-state index contributed by atoms with van der Waals surface area (Å²) in [7, 11) is 3.42. The normalized spacial score (nSPS) is 27.1. The first kappa shape index (κ1) is 12.0. The average molecular weight is 312 g/mol. The summed E-state index contributed by atoms with van der Waals surface area (Å²) < 4.78 is 8.52. The molecule has 1 aliphatic rings. The van der Waals surface area contributed by atoms with E-state index < -0.39 is 0 Å². The summed E-state index contributed by atoms with van der Waals surface area (Å²) in [4.78, 5) is 12.7. The number of rotatable bonds is 2. The Kier molecular flexibility index (Phi) is 4.94. The molecule has 1 saturated carbocycles. The van der Waals surface area contributed by atoms with Crippen molar-refractivity contribution >= 4 is 29.0 Å². The molecule has 0 heterocycles. The van der Waals surface area contributed by atoms with Gasteiger partial charge in [0.25, 0.3) is 0 Å². The van der Waals surface area contributed by atoms with Crippen LogP contribution in [0, 0.1) is 0 Å². The van der Waals surface area contributed by atoms with Gasteiger partial charge in [-0.3, -0.25) is 3.53 Å². The molecular formula is C9H17IN2O2. The molecule has 0 aromatic carbocycles. The van der Waals surface area contributed by atoms with E-state index in [0.29, 0.717) is 6.04 Å². The van der Waals surface area contributed by atoms with Crippen molar-refractivity contribution in [2.24, 2.45) is 0 Å². The third-order valence-corrected chi connectivity index (χ3v) is 3.34. The van der Waals surface area contributed by atoms with Crippen molar-refractivity contribution in [1.82, 2.24) is 8.43 Å². The first-order valence-electron chi connectivity index (χ1n) is 4.87. The lowest BCUT2D eigenvalue weighted by atomic mass is 9.94. The van der Waals surface area contributed by atoms with Crippen LogP contribution in [0.4, 0.5) is 4.79 Å². The zero-order valence-corrected chi connectivity index (χ0v) is 10.8. The molecule has 0 atom stereocenters. The van der Waals surface area contributed by atoms with Gasteiger partial charge in [-0.05, 0) is 25.7 Å². The van der Waals surface area contributed by atoms with Crippen LogP contribution >= 0.6 is 22.9 Å². The second-order valence-corrected chi connectivity index (χ2v) is 4.48. The van der Waals surface area contributed by atoms with Crippen molar-refractivity contribution in [2.45, 2.75) is 37.8 Å². The second-order valence-electron chi connectivity index (χ2n) is 3.86. The van der Waals surface area contributed by atoms with E-state index in [1.165, 1.54) is 4.90 Å². The van der Waals surface area contributed by atoms with E-state index in [1.54, 1.807) is 14.1 Å². The summed E-state index contributed by atoms with van der Waals surface area (Å²) in [5.41, 5.74) is 0. The number of carbonyl (C=O) groups excluding carboxylic acids is 1. The summed E-state index contributed by atoms with van der Waals surface area (Å²) in [5, 5.41) is 0. The van der Waals surface area contributed by atoms with Gasteiger partial charge in [0.15, 0.2) is 0 Å². The molecule has 1 fully saturated rings. The van der Waals surface area contributed by atoms with Gasteiger partial charge >= 0.3 is 6.09 Å². The highest BCUT2D eigenvalue weighted by Crippen LogP contribution is 2.22. The molecule has 0 aromatic heterocycles. The predicted octanol–water partition coefficient (Wildman–Crippen LogP) is 1.94. The van der Waals surface area contributed by atoms with E-state index in [4.69, 9.17) is 4.74 Å². The van der Waals surface area contributed by atoms with Crippen molar-refractivity contribution < 1.29 is 9.53 Å². The van der Waals surface area contributed by atoms with Gasteiger partial charge < -0.3 is 9.64 Å². The molecule has 4 nitrogen and oxygen atoms in total. The molecule has 0 saturated heterocycles. The van der Waals surface area contributed by atoms with Crippen LogP contribution < -0.4 is 3.53 Å². The van der Waals surface area contributed by atoms with Gasteiger partial charge in [-0.15, -0.1) is 0 Å².